The topological polar surface area (TPSA) is 327 Å². The molecule has 18 heterocycles. The highest BCUT2D eigenvalue weighted by Crippen LogP contribution is 2.40. The van der Waals surface area contributed by atoms with Crippen molar-refractivity contribution < 1.29 is 83.5 Å². The Morgan fingerprint density at radius 2 is 0.615 bits per heavy atom. The molecule has 6 atom stereocenters. The number of thiazole rings is 4. The van der Waals surface area contributed by atoms with E-state index in [4.69, 9.17) is 74.8 Å². The van der Waals surface area contributed by atoms with Crippen LogP contribution in [0.1, 0.15) is 165 Å². The molecule has 12 fully saturated rings. The average molecular weight is 2210 g/mol. The molecule has 22 rings (SSSR count). The number of benzene rings is 4. The Bertz CT molecular complexity index is 5720. The second kappa shape index (κ2) is 53.6. The molecule has 0 radical (unpaired) electrons. The van der Waals surface area contributed by atoms with Crippen molar-refractivity contribution in [2.24, 2.45) is 23.7 Å². The molecule has 6 N–H and O–H groups in total. The summed E-state index contributed by atoms with van der Waals surface area (Å²) in [4.78, 5) is 115. The fourth-order valence-electron chi connectivity index (χ4n) is 21.8. The van der Waals surface area contributed by atoms with E-state index in [1.165, 1.54) is 57.5 Å². The number of halogens is 10. The van der Waals surface area contributed by atoms with Crippen molar-refractivity contribution in [1.29, 1.82) is 0 Å². The van der Waals surface area contributed by atoms with Gasteiger partial charge in [-0.25, -0.2) is 29.9 Å². The fourth-order valence-corrected chi connectivity index (χ4v) is 26.1. The Morgan fingerprint density at radius 3 is 0.973 bits per heavy atom. The fraction of sp³-hybridized carbons (Fsp3) is 0.577. The number of likely N-dealkylation sites (tertiary alicyclic amines) is 6. The van der Waals surface area contributed by atoms with Gasteiger partial charge in [-0.2, -0.15) is 26.3 Å². The maximum atomic E-state index is 12.8. The molecule has 0 bridgehead atoms. The van der Waals surface area contributed by atoms with Gasteiger partial charge >= 0.3 is 12.4 Å². The third-order valence-electron chi connectivity index (χ3n) is 29.5. The standard InChI is InChI=1S/2C18H22ClN3O2S.2C17H20ClN3O2S.2C17H22F3N3O2/c19-13-3-4-16-14(10-13)20-18(25-16)21-17(23)15-2-1-7-22(15)11-12-5-8-24-9-6-12;19-13-3-4-14-16(10-13)25-18(20-14)21-17(23)15-2-1-7-22(15)11-12-5-8-24-9-6-12;18-11-3-4-15-13(10-11)19-17(24-15)20-16(22)14-2-1-7-21(14)12-5-8-23-9-6-12;18-11-3-4-13-15(10-11)24-17(19-13)20-16(22)14-2-1-7-21(14)12-5-8-23-9-6-12;18-17(19,20)14-4-1-5-15(21-14)22-16(24)13-3-2-8-23(13)11-12-6-9-25-10-7-12;18-17(19,20)13-3-6-21-15(10-13)22-16(24)14-2-1-7-23(14)11-12-4-8-25-9-5-12/h2*3-4,10,12,15H,1-2,5-9,11H2,(H,20,21,23);2*3-4,10,12,14H,1-2,5-9H2,(H,19,20,22);1,4-5,12-13H,2-3,6-11H2,(H,21,22,24);3,6,10,12,14H,1-2,4-5,7-9,11H2,(H,21,22,24)/t2*15-;2*14-;13-;14-/m000000/s1. The Labute approximate surface area is 892 Å². The third kappa shape index (κ3) is 31.1. The molecule has 148 heavy (non-hydrogen) atoms. The molecule has 4 aromatic carbocycles. The molecule has 12 aliphatic rings. The van der Waals surface area contributed by atoms with Crippen LogP contribution in [0.25, 0.3) is 40.9 Å². The van der Waals surface area contributed by atoms with Crippen molar-refractivity contribution in [2.75, 3.05) is 177 Å². The van der Waals surface area contributed by atoms with Crippen LogP contribution in [-0.4, -0.2) is 288 Å². The Kier molecular flexibility index (Phi) is 40.2. The average Bonchev–Trinajstić information content (AvgIpc) is 1.65. The van der Waals surface area contributed by atoms with E-state index in [-0.39, 0.29) is 83.3 Å². The first-order valence-electron chi connectivity index (χ1n) is 51.8. The second-order valence-electron chi connectivity index (χ2n) is 39.6. The summed E-state index contributed by atoms with van der Waals surface area (Å²) in [6.07, 6.45) is 15.7. The molecule has 10 aromatic rings. The summed E-state index contributed by atoms with van der Waals surface area (Å²) in [5, 5.41) is 22.5. The molecule has 0 aliphatic carbocycles. The molecule has 6 amide bonds. The van der Waals surface area contributed by atoms with Crippen LogP contribution >= 0.6 is 91.8 Å². The number of hydrogen-bond acceptors (Lipinski definition) is 28. The van der Waals surface area contributed by atoms with Gasteiger partial charge in [-0.05, 0) is 314 Å². The van der Waals surface area contributed by atoms with Crippen LogP contribution in [0.2, 0.25) is 20.1 Å². The number of anilines is 6. The maximum Gasteiger partial charge on any atom is 0.433 e. The minimum Gasteiger partial charge on any atom is -0.381 e. The zero-order chi connectivity index (χ0) is 103. The molecular weight excluding hydrogens is 2080 g/mol. The molecule has 44 heteroatoms. The number of pyridine rings is 2. The van der Waals surface area contributed by atoms with E-state index in [1.807, 2.05) is 72.8 Å². The van der Waals surface area contributed by atoms with Gasteiger partial charge in [0.05, 0.1) is 82.7 Å². The van der Waals surface area contributed by atoms with Crippen molar-refractivity contribution in [3.05, 3.63) is 141 Å². The number of nitrogens with zero attached hydrogens (tertiary/aromatic N) is 12. The van der Waals surface area contributed by atoms with Gasteiger partial charge in [0.1, 0.15) is 17.3 Å². The predicted molar refractivity (Wildman–Crippen MR) is 568 cm³/mol. The number of alkyl halides is 6. The van der Waals surface area contributed by atoms with Crippen molar-refractivity contribution in [3.8, 4) is 0 Å². The Hall–Kier alpha value is -8.18. The first-order chi connectivity index (χ1) is 71.6. The van der Waals surface area contributed by atoms with Gasteiger partial charge in [-0.1, -0.05) is 97.8 Å². The van der Waals surface area contributed by atoms with Crippen LogP contribution in [0.5, 0.6) is 0 Å². The summed E-state index contributed by atoms with van der Waals surface area (Å²) < 4.78 is 113. The smallest absolute Gasteiger partial charge is 0.381 e. The summed E-state index contributed by atoms with van der Waals surface area (Å²) in [5.41, 5.74) is 1.58. The molecule has 30 nitrogen and oxygen atoms in total. The third-order valence-corrected chi connectivity index (χ3v) is 34.2. The van der Waals surface area contributed by atoms with Crippen LogP contribution in [-0.2, 0) is 69.5 Å². The zero-order valence-electron chi connectivity index (χ0n) is 82.5. The molecule has 800 valence electrons. The van der Waals surface area contributed by atoms with Gasteiger partial charge in [-0.15, -0.1) is 0 Å². The van der Waals surface area contributed by atoms with Crippen molar-refractivity contribution >= 4 is 200 Å². The Balaban J connectivity index is 0.000000121. The molecule has 12 aliphatic heterocycles. The minimum absolute atomic E-state index is 0.0431. The number of aromatic nitrogens is 6. The van der Waals surface area contributed by atoms with Crippen molar-refractivity contribution in [3.63, 3.8) is 0 Å². The highest BCUT2D eigenvalue weighted by atomic mass is 35.5. The van der Waals surface area contributed by atoms with E-state index in [9.17, 15) is 55.1 Å². The lowest BCUT2D eigenvalue weighted by Gasteiger charge is -2.34. The van der Waals surface area contributed by atoms with Crippen LogP contribution in [0, 0.1) is 23.7 Å². The number of carbonyl (C=O) groups is 6. The van der Waals surface area contributed by atoms with Gasteiger partial charge in [0.25, 0.3) is 0 Å². The van der Waals surface area contributed by atoms with Crippen molar-refractivity contribution in [1.82, 2.24) is 59.3 Å². The monoisotopic (exact) mass is 2200 g/mol. The van der Waals surface area contributed by atoms with Crippen molar-refractivity contribution in [2.45, 2.75) is 215 Å². The van der Waals surface area contributed by atoms with Gasteiger partial charge in [0, 0.05) is 144 Å². The first kappa shape index (κ1) is 111. The number of hydrogen-bond donors (Lipinski definition) is 6. The number of carbonyl (C=O) groups excluding carboxylic acids is 6. The molecule has 0 saturated carbocycles. The molecule has 0 spiro atoms. The number of ether oxygens (including phenoxy) is 6. The normalized spacial score (nSPS) is 22.8. The predicted octanol–water partition coefficient (Wildman–Crippen LogP) is 20.5. The van der Waals surface area contributed by atoms with Gasteiger partial charge < -0.3 is 60.3 Å². The summed E-state index contributed by atoms with van der Waals surface area (Å²) in [7, 11) is 0. The van der Waals surface area contributed by atoms with E-state index in [0.717, 1.165) is 351 Å². The largest absolute Gasteiger partial charge is 0.433 e. The highest BCUT2D eigenvalue weighted by Gasteiger charge is 2.43. The molecular formula is C104H128Cl4F6N18O12S4. The van der Waals surface area contributed by atoms with E-state index >= 15 is 0 Å². The van der Waals surface area contributed by atoms with Gasteiger partial charge in [0.15, 0.2) is 20.5 Å². The molecule has 6 aromatic heterocycles. The summed E-state index contributed by atoms with van der Waals surface area (Å²) in [6, 6.07) is 27.8. The second-order valence-corrected chi connectivity index (χ2v) is 45.5. The number of nitrogens with one attached hydrogen (secondary N) is 6. The first-order valence-corrected chi connectivity index (χ1v) is 56.5. The zero-order valence-corrected chi connectivity index (χ0v) is 88.8. The van der Waals surface area contributed by atoms with Gasteiger partial charge in [0.2, 0.25) is 35.4 Å². The summed E-state index contributed by atoms with van der Waals surface area (Å²) >= 11 is 30.0. The van der Waals surface area contributed by atoms with E-state index < -0.39 is 23.6 Å². The van der Waals surface area contributed by atoms with E-state index in [1.54, 1.807) is 0 Å². The maximum absolute atomic E-state index is 12.8. The molecule has 12 saturated heterocycles. The number of amides is 6. The number of fused-ring (bicyclic) bond motifs is 4. The van der Waals surface area contributed by atoms with Crippen LogP contribution in [0.3, 0.4) is 0 Å². The van der Waals surface area contributed by atoms with Crippen LogP contribution < -0.4 is 31.9 Å². The van der Waals surface area contributed by atoms with Crippen LogP contribution in [0.15, 0.2) is 109 Å². The highest BCUT2D eigenvalue weighted by molar-refractivity contribution is 7.23. The minimum atomic E-state index is -4.52. The lowest BCUT2D eigenvalue weighted by atomic mass is 9.99. The van der Waals surface area contributed by atoms with E-state index in [2.05, 4.69) is 91.2 Å². The van der Waals surface area contributed by atoms with Crippen LogP contribution in [0.4, 0.5) is 58.5 Å². The number of rotatable bonds is 22. The summed E-state index contributed by atoms with van der Waals surface area (Å²) in [6.45, 7) is 19.0. The SMILES string of the molecule is O=C(Nc1cc(C(F)(F)F)ccn1)[C@@H]1CCCN1CC1CCOCC1.O=C(Nc1cccc(C(F)(F)F)n1)[C@@H]1CCCN1CC1CCOCC1.O=C(Nc1nc2cc(Cl)ccc2s1)[C@@H]1CCCN1C1CCOCC1.O=C(Nc1nc2cc(Cl)ccc2s1)[C@@H]1CCCN1CC1CCOCC1.O=C(Nc1nc2ccc(Cl)cc2s1)[C@@H]1CCCN1C1CCOCC1.O=C(Nc1nc2ccc(Cl)cc2s1)[C@@H]1CCCN1CC1CCOCC1. The quantitative estimate of drug-likeness (QED) is 0.0343. The summed E-state index contributed by atoms with van der Waals surface area (Å²) in [5.74, 6) is 1.88. The Morgan fingerprint density at radius 1 is 0.311 bits per heavy atom. The van der Waals surface area contributed by atoms with Gasteiger partial charge in [-0.3, -0.25) is 58.2 Å². The lowest BCUT2D eigenvalue weighted by molar-refractivity contribution is -0.141. The van der Waals surface area contributed by atoms with E-state index in [0.29, 0.717) is 89.2 Å². The lowest BCUT2D eigenvalue weighted by Crippen LogP contribution is -2.47. The molecule has 0 unspecified atom stereocenters.